The van der Waals surface area contributed by atoms with Crippen LogP contribution in [0.1, 0.15) is 13.3 Å². The fourth-order valence-corrected chi connectivity index (χ4v) is 1.87. The predicted octanol–water partition coefficient (Wildman–Crippen LogP) is -1.04. The van der Waals surface area contributed by atoms with Crippen molar-refractivity contribution < 1.29 is 9.59 Å². The number of piperazine rings is 1. The predicted molar refractivity (Wildman–Crippen MR) is 70.0 cm³/mol. The average Bonchev–Trinajstić information content (AvgIpc) is 2.37. The van der Waals surface area contributed by atoms with Gasteiger partial charge in [0.2, 0.25) is 11.8 Å². The number of carbonyl (C=O) groups is 2. The van der Waals surface area contributed by atoms with Crippen LogP contribution in [0.2, 0.25) is 0 Å². The zero-order valence-corrected chi connectivity index (χ0v) is 11.6. The summed E-state index contributed by atoms with van der Waals surface area (Å²) in [5.41, 5.74) is 5.74. The summed E-state index contributed by atoms with van der Waals surface area (Å²) >= 11 is 0. The number of nitrogens with zero attached hydrogens (tertiary/aromatic N) is 3. The average molecular weight is 256 g/mol. The first kappa shape index (κ1) is 14.9. The van der Waals surface area contributed by atoms with Crippen molar-refractivity contribution in [1.29, 1.82) is 0 Å². The van der Waals surface area contributed by atoms with Crippen molar-refractivity contribution in [2.24, 2.45) is 5.73 Å². The third kappa shape index (κ3) is 3.96. The summed E-state index contributed by atoms with van der Waals surface area (Å²) in [7, 11) is 3.50. The van der Waals surface area contributed by atoms with Gasteiger partial charge in [0.1, 0.15) is 0 Å². The molecule has 1 aliphatic rings. The van der Waals surface area contributed by atoms with Crippen molar-refractivity contribution in [2.45, 2.75) is 19.4 Å². The normalized spacial score (nSPS) is 18.6. The van der Waals surface area contributed by atoms with E-state index in [2.05, 4.69) is 4.90 Å². The minimum atomic E-state index is -0.389. The Hall–Kier alpha value is -1.14. The molecule has 0 saturated carbocycles. The van der Waals surface area contributed by atoms with Crippen molar-refractivity contribution in [3.8, 4) is 0 Å². The molecule has 104 valence electrons. The lowest BCUT2D eigenvalue weighted by Gasteiger charge is -2.35. The number of rotatable bonds is 4. The standard InChI is InChI=1S/C12H24N4O2/c1-4-10(13)12(18)16-7-5-15(6-8-16)9-11(17)14(2)3/h10H,4-9,13H2,1-3H3/t10-/m0/s1. The van der Waals surface area contributed by atoms with Gasteiger partial charge >= 0.3 is 0 Å². The summed E-state index contributed by atoms with van der Waals surface area (Å²) in [6.45, 7) is 5.13. The number of hydrogen-bond acceptors (Lipinski definition) is 4. The minimum Gasteiger partial charge on any atom is -0.348 e. The molecule has 1 aliphatic heterocycles. The van der Waals surface area contributed by atoms with Gasteiger partial charge < -0.3 is 15.5 Å². The topological polar surface area (TPSA) is 69.9 Å². The molecule has 0 spiro atoms. The molecule has 1 saturated heterocycles. The molecule has 2 N–H and O–H groups in total. The van der Waals surface area contributed by atoms with Crippen molar-refractivity contribution in [3.63, 3.8) is 0 Å². The van der Waals surface area contributed by atoms with Crippen molar-refractivity contribution >= 4 is 11.8 Å². The number of nitrogens with two attached hydrogens (primary N) is 1. The van der Waals surface area contributed by atoms with E-state index in [0.29, 0.717) is 26.1 Å². The molecule has 1 rings (SSSR count). The van der Waals surface area contributed by atoms with Crippen LogP contribution in [0.25, 0.3) is 0 Å². The molecule has 18 heavy (non-hydrogen) atoms. The van der Waals surface area contributed by atoms with E-state index in [1.54, 1.807) is 23.9 Å². The fraction of sp³-hybridized carbons (Fsp3) is 0.833. The molecule has 0 unspecified atom stereocenters. The molecule has 1 atom stereocenters. The lowest BCUT2D eigenvalue weighted by atomic mass is 10.2. The lowest BCUT2D eigenvalue weighted by molar-refractivity contribution is -0.135. The highest BCUT2D eigenvalue weighted by molar-refractivity contribution is 5.81. The molecule has 1 heterocycles. The zero-order valence-electron chi connectivity index (χ0n) is 11.6. The Kier molecular flexibility index (Phi) is 5.55. The fourth-order valence-electron chi connectivity index (χ4n) is 1.87. The third-order valence-corrected chi connectivity index (χ3v) is 3.30. The molecule has 6 nitrogen and oxygen atoms in total. The van der Waals surface area contributed by atoms with Gasteiger partial charge in [-0.15, -0.1) is 0 Å². The van der Waals surface area contributed by atoms with Gasteiger partial charge in [0.05, 0.1) is 12.6 Å². The van der Waals surface area contributed by atoms with Crippen LogP contribution in [0.5, 0.6) is 0 Å². The molecule has 0 aromatic rings. The quantitative estimate of drug-likeness (QED) is 0.697. The Labute approximate surface area is 109 Å². The highest BCUT2D eigenvalue weighted by atomic mass is 16.2. The molecule has 0 aromatic carbocycles. The number of hydrogen-bond donors (Lipinski definition) is 1. The van der Waals surface area contributed by atoms with Gasteiger partial charge in [-0.2, -0.15) is 0 Å². The van der Waals surface area contributed by atoms with E-state index in [1.807, 2.05) is 6.92 Å². The van der Waals surface area contributed by atoms with E-state index in [0.717, 1.165) is 13.1 Å². The van der Waals surface area contributed by atoms with Crippen LogP contribution in [0, 0.1) is 0 Å². The molecular formula is C12H24N4O2. The van der Waals surface area contributed by atoms with Crippen molar-refractivity contribution in [2.75, 3.05) is 46.8 Å². The van der Waals surface area contributed by atoms with Crippen LogP contribution in [-0.2, 0) is 9.59 Å². The Morgan fingerprint density at radius 1 is 1.22 bits per heavy atom. The second-order valence-electron chi connectivity index (χ2n) is 4.90. The highest BCUT2D eigenvalue weighted by Gasteiger charge is 2.25. The van der Waals surface area contributed by atoms with Gasteiger partial charge in [-0.3, -0.25) is 14.5 Å². The smallest absolute Gasteiger partial charge is 0.239 e. The van der Waals surface area contributed by atoms with Gasteiger partial charge in [0, 0.05) is 40.3 Å². The summed E-state index contributed by atoms with van der Waals surface area (Å²) in [5, 5.41) is 0. The SMILES string of the molecule is CC[C@H](N)C(=O)N1CCN(CC(=O)N(C)C)CC1. The van der Waals surface area contributed by atoms with Crippen LogP contribution in [0.4, 0.5) is 0 Å². The molecule has 1 fully saturated rings. The summed E-state index contributed by atoms with van der Waals surface area (Å²) in [5.74, 6) is 0.121. The molecule has 0 aliphatic carbocycles. The highest BCUT2D eigenvalue weighted by Crippen LogP contribution is 2.05. The second-order valence-corrected chi connectivity index (χ2v) is 4.90. The zero-order chi connectivity index (χ0) is 13.7. The van der Waals surface area contributed by atoms with Gasteiger partial charge in [-0.1, -0.05) is 6.92 Å². The molecule has 6 heteroatoms. The van der Waals surface area contributed by atoms with Crippen LogP contribution in [0.15, 0.2) is 0 Å². The van der Waals surface area contributed by atoms with E-state index in [1.165, 1.54) is 0 Å². The summed E-state index contributed by atoms with van der Waals surface area (Å²) < 4.78 is 0. The van der Waals surface area contributed by atoms with Gasteiger partial charge in [0.15, 0.2) is 0 Å². The Balaban J connectivity index is 2.37. The van der Waals surface area contributed by atoms with E-state index >= 15 is 0 Å². The lowest BCUT2D eigenvalue weighted by Crippen LogP contribution is -2.54. The summed E-state index contributed by atoms with van der Waals surface area (Å²) in [6.07, 6.45) is 0.665. The molecular weight excluding hydrogens is 232 g/mol. The van der Waals surface area contributed by atoms with Crippen molar-refractivity contribution in [3.05, 3.63) is 0 Å². The van der Waals surface area contributed by atoms with E-state index in [4.69, 9.17) is 5.73 Å². The summed E-state index contributed by atoms with van der Waals surface area (Å²) in [4.78, 5) is 28.9. The van der Waals surface area contributed by atoms with Crippen molar-refractivity contribution in [1.82, 2.24) is 14.7 Å². The van der Waals surface area contributed by atoms with Crippen LogP contribution < -0.4 is 5.73 Å². The number of likely N-dealkylation sites (N-methyl/N-ethyl adjacent to an activating group) is 1. The van der Waals surface area contributed by atoms with Crippen LogP contribution >= 0.6 is 0 Å². The first-order chi connectivity index (χ1) is 8.45. The second kappa shape index (κ2) is 6.70. The van der Waals surface area contributed by atoms with E-state index in [9.17, 15) is 9.59 Å². The monoisotopic (exact) mass is 256 g/mol. The Bertz CT molecular complexity index is 298. The summed E-state index contributed by atoms with van der Waals surface area (Å²) in [6, 6.07) is -0.389. The third-order valence-electron chi connectivity index (χ3n) is 3.30. The van der Waals surface area contributed by atoms with Gasteiger partial charge in [-0.25, -0.2) is 0 Å². The van der Waals surface area contributed by atoms with Gasteiger partial charge in [0.25, 0.3) is 0 Å². The maximum atomic E-state index is 11.9. The molecule has 0 radical (unpaired) electrons. The van der Waals surface area contributed by atoms with Crippen LogP contribution in [-0.4, -0.2) is 79.4 Å². The van der Waals surface area contributed by atoms with Crippen LogP contribution in [0.3, 0.4) is 0 Å². The Morgan fingerprint density at radius 3 is 2.22 bits per heavy atom. The maximum Gasteiger partial charge on any atom is 0.239 e. The maximum absolute atomic E-state index is 11.9. The van der Waals surface area contributed by atoms with E-state index in [-0.39, 0.29) is 17.9 Å². The molecule has 2 amide bonds. The number of carbonyl (C=O) groups excluding carboxylic acids is 2. The first-order valence-electron chi connectivity index (χ1n) is 6.42. The molecule has 0 aromatic heterocycles. The number of amides is 2. The first-order valence-corrected chi connectivity index (χ1v) is 6.42. The van der Waals surface area contributed by atoms with Gasteiger partial charge in [-0.05, 0) is 6.42 Å². The van der Waals surface area contributed by atoms with E-state index < -0.39 is 0 Å². The Morgan fingerprint density at radius 2 is 1.78 bits per heavy atom. The minimum absolute atomic E-state index is 0.0242. The largest absolute Gasteiger partial charge is 0.348 e. The molecule has 0 bridgehead atoms.